The van der Waals surface area contributed by atoms with Crippen molar-refractivity contribution in [3.05, 3.63) is 86.7 Å². The second-order valence-electron chi connectivity index (χ2n) is 6.57. The van der Waals surface area contributed by atoms with Gasteiger partial charge in [0.15, 0.2) is 5.75 Å². The van der Waals surface area contributed by atoms with Crippen LogP contribution in [0, 0.1) is 6.92 Å². The molecule has 3 aromatic rings. The number of hydrogen-bond donors (Lipinski definition) is 1. The van der Waals surface area contributed by atoms with E-state index in [2.05, 4.69) is 15.2 Å². The van der Waals surface area contributed by atoms with Gasteiger partial charge < -0.3 is 9.57 Å². The first-order chi connectivity index (χ1) is 14.5. The highest BCUT2D eigenvalue weighted by molar-refractivity contribution is 5.68. The normalized spacial score (nSPS) is 10.5. The Morgan fingerprint density at radius 2 is 1.73 bits per heavy atom. The molecule has 30 heavy (non-hydrogen) atoms. The van der Waals surface area contributed by atoms with Gasteiger partial charge in [-0.25, -0.2) is 14.2 Å². The van der Waals surface area contributed by atoms with E-state index in [1.165, 1.54) is 11.7 Å². The first kappa shape index (κ1) is 20.8. The minimum absolute atomic E-state index is 0.0382. The maximum Gasteiger partial charge on any atom is 0.355 e. The molecule has 0 atom stereocenters. The first-order valence-corrected chi connectivity index (χ1v) is 9.30. The second-order valence-corrected chi connectivity index (χ2v) is 6.57. The highest BCUT2D eigenvalue weighted by Gasteiger charge is 2.15. The lowest BCUT2D eigenvalue weighted by Gasteiger charge is -2.15. The van der Waals surface area contributed by atoms with Crippen LogP contribution in [0.2, 0.25) is 0 Å². The van der Waals surface area contributed by atoms with Crippen molar-refractivity contribution in [3.63, 3.8) is 0 Å². The van der Waals surface area contributed by atoms with E-state index in [0.717, 1.165) is 15.7 Å². The molecule has 156 valence electrons. The zero-order chi connectivity index (χ0) is 21.5. The van der Waals surface area contributed by atoms with Crippen molar-refractivity contribution in [2.45, 2.75) is 26.4 Å². The molecule has 0 aliphatic heterocycles. The van der Waals surface area contributed by atoms with E-state index in [1.807, 2.05) is 37.3 Å². The van der Waals surface area contributed by atoms with Crippen LogP contribution < -0.4 is 21.7 Å². The van der Waals surface area contributed by atoms with E-state index in [0.29, 0.717) is 5.75 Å². The summed E-state index contributed by atoms with van der Waals surface area (Å²) >= 11 is 0. The van der Waals surface area contributed by atoms with Crippen molar-refractivity contribution in [1.82, 2.24) is 14.1 Å². The Bertz CT molecular complexity index is 1120. The van der Waals surface area contributed by atoms with Crippen molar-refractivity contribution >= 4 is 11.9 Å². The van der Waals surface area contributed by atoms with Crippen molar-refractivity contribution < 1.29 is 14.4 Å². The summed E-state index contributed by atoms with van der Waals surface area (Å²) < 4.78 is 6.77. The van der Waals surface area contributed by atoms with Crippen LogP contribution in [0.15, 0.2) is 64.2 Å². The van der Waals surface area contributed by atoms with Crippen LogP contribution in [-0.4, -0.2) is 27.2 Å². The Morgan fingerprint density at radius 1 is 1.03 bits per heavy atom. The van der Waals surface area contributed by atoms with Gasteiger partial charge in [0.1, 0.15) is 0 Å². The number of hydrogen-bond acceptors (Lipinski definition) is 7. The molecule has 3 rings (SSSR count). The molecule has 1 heterocycles. The lowest BCUT2D eigenvalue weighted by molar-refractivity contribution is -0.140. The molecule has 1 aromatic heterocycles. The number of methoxy groups -OCH3 is 1. The molecule has 0 saturated carbocycles. The quantitative estimate of drug-likeness (QED) is 0.445. The standard InChI is InChI=1S/C21H22N4O5/c1-15-8-10-16(11-9-15)14-25-19(23-30-17-6-4-3-5-7-17)22-20(27)24(21(25)28)13-12-18(26)29-2/h3-11H,12-14H2,1-2H3,(H,22,23,27). The van der Waals surface area contributed by atoms with E-state index < -0.39 is 17.3 Å². The number of para-hydroxylation sites is 1. The average molecular weight is 410 g/mol. The Labute approximate surface area is 172 Å². The molecule has 9 heteroatoms. The average Bonchev–Trinajstić information content (AvgIpc) is 2.76. The second kappa shape index (κ2) is 9.55. The third-order valence-corrected chi connectivity index (χ3v) is 4.38. The summed E-state index contributed by atoms with van der Waals surface area (Å²) in [6.07, 6.45) is -0.120. The Morgan fingerprint density at radius 3 is 2.40 bits per heavy atom. The number of anilines is 1. The molecule has 2 aromatic carbocycles. The van der Waals surface area contributed by atoms with Crippen LogP contribution in [0.4, 0.5) is 5.95 Å². The van der Waals surface area contributed by atoms with Crippen molar-refractivity contribution in [2.75, 3.05) is 12.6 Å². The molecule has 0 fully saturated rings. The van der Waals surface area contributed by atoms with E-state index in [-0.39, 0.29) is 25.5 Å². The number of benzene rings is 2. The number of aromatic nitrogens is 3. The van der Waals surface area contributed by atoms with E-state index >= 15 is 0 Å². The molecule has 0 unspecified atom stereocenters. The summed E-state index contributed by atoms with van der Waals surface area (Å²) in [5, 5.41) is 0. The van der Waals surface area contributed by atoms with Crippen molar-refractivity contribution in [3.8, 4) is 5.75 Å². The van der Waals surface area contributed by atoms with Gasteiger partial charge in [-0.05, 0) is 24.6 Å². The lowest BCUT2D eigenvalue weighted by atomic mass is 10.1. The monoisotopic (exact) mass is 410 g/mol. The fourth-order valence-corrected chi connectivity index (χ4v) is 2.72. The number of ether oxygens (including phenoxy) is 1. The minimum Gasteiger partial charge on any atom is -0.469 e. The molecular formula is C21H22N4O5. The van der Waals surface area contributed by atoms with Crippen LogP contribution in [0.5, 0.6) is 5.75 Å². The molecule has 9 nitrogen and oxygen atoms in total. The fraction of sp³-hybridized carbons (Fsp3) is 0.238. The number of rotatable bonds is 8. The van der Waals surface area contributed by atoms with Gasteiger partial charge in [0.2, 0.25) is 5.95 Å². The van der Waals surface area contributed by atoms with Gasteiger partial charge in [-0.1, -0.05) is 48.0 Å². The number of nitrogens with zero attached hydrogens (tertiary/aromatic N) is 3. The van der Waals surface area contributed by atoms with Gasteiger partial charge in [0.25, 0.3) is 0 Å². The maximum absolute atomic E-state index is 13.0. The summed E-state index contributed by atoms with van der Waals surface area (Å²) in [7, 11) is 1.24. The molecule has 0 saturated heterocycles. The SMILES string of the molecule is COC(=O)CCn1c(=O)nc(NOc2ccccc2)n(Cc2ccc(C)cc2)c1=O. The summed E-state index contributed by atoms with van der Waals surface area (Å²) in [6, 6.07) is 16.5. The molecule has 0 bridgehead atoms. The third kappa shape index (κ3) is 5.13. The van der Waals surface area contributed by atoms with Gasteiger partial charge in [-0.3, -0.25) is 9.36 Å². The lowest BCUT2D eigenvalue weighted by Crippen LogP contribution is -2.43. The van der Waals surface area contributed by atoms with Crippen LogP contribution in [-0.2, 0) is 22.6 Å². The number of carbonyl (C=O) groups is 1. The van der Waals surface area contributed by atoms with Gasteiger partial charge in [-0.15, -0.1) is 0 Å². The summed E-state index contributed by atoms with van der Waals surface area (Å²) in [5.74, 6) is -0.0757. The predicted molar refractivity (Wildman–Crippen MR) is 110 cm³/mol. The van der Waals surface area contributed by atoms with Crippen LogP contribution >= 0.6 is 0 Å². The van der Waals surface area contributed by atoms with E-state index in [9.17, 15) is 14.4 Å². The zero-order valence-electron chi connectivity index (χ0n) is 16.7. The minimum atomic E-state index is -0.789. The molecule has 0 aliphatic rings. The number of carbonyl (C=O) groups excluding carboxylic acids is 1. The van der Waals surface area contributed by atoms with E-state index in [4.69, 9.17) is 4.84 Å². The Hall–Kier alpha value is -3.88. The van der Waals surface area contributed by atoms with Crippen molar-refractivity contribution in [2.24, 2.45) is 0 Å². The highest BCUT2D eigenvalue weighted by atomic mass is 16.6. The topological polar surface area (TPSA) is 104 Å². The summed E-state index contributed by atoms with van der Waals surface area (Å²) in [4.78, 5) is 46.3. The fourth-order valence-electron chi connectivity index (χ4n) is 2.72. The predicted octanol–water partition coefficient (Wildman–Crippen LogP) is 1.73. The number of nitrogens with one attached hydrogen (secondary N) is 1. The van der Waals surface area contributed by atoms with Crippen molar-refractivity contribution in [1.29, 1.82) is 0 Å². The van der Waals surface area contributed by atoms with Gasteiger partial charge in [0, 0.05) is 6.54 Å². The smallest absolute Gasteiger partial charge is 0.355 e. The van der Waals surface area contributed by atoms with Gasteiger partial charge in [0.05, 0.1) is 20.1 Å². The Balaban J connectivity index is 1.96. The molecule has 0 aliphatic carbocycles. The molecule has 0 radical (unpaired) electrons. The molecule has 1 N–H and O–H groups in total. The Kier molecular flexibility index (Phi) is 6.63. The first-order valence-electron chi connectivity index (χ1n) is 9.30. The van der Waals surface area contributed by atoms with Crippen LogP contribution in [0.25, 0.3) is 0 Å². The van der Waals surface area contributed by atoms with Crippen LogP contribution in [0.1, 0.15) is 17.5 Å². The van der Waals surface area contributed by atoms with Crippen LogP contribution in [0.3, 0.4) is 0 Å². The zero-order valence-corrected chi connectivity index (χ0v) is 16.7. The van der Waals surface area contributed by atoms with Gasteiger partial charge >= 0.3 is 17.3 Å². The third-order valence-electron chi connectivity index (χ3n) is 4.38. The summed E-state index contributed by atoms with van der Waals surface area (Å²) in [6.45, 7) is 1.99. The van der Waals surface area contributed by atoms with Gasteiger partial charge in [-0.2, -0.15) is 10.5 Å². The number of aryl methyl sites for hydroxylation is 1. The molecule has 0 spiro atoms. The summed E-state index contributed by atoms with van der Waals surface area (Å²) in [5.41, 5.74) is 3.11. The van der Waals surface area contributed by atoms with E-state index in [1.54, 1.807) is 24.3 Å². The molecular weight excluding hydrogens is 388 g/mol. The maximum atomic E-state index is 13.0. The number of esters is 1. The molecule has 0 amide bonds. The highest BCUT2D eigenvalue weighted by Crippen LogP contribution is 2.11. The largest absolute Gasteiger partial charge is 0.469 e.